The Balaban J connectivity index is 2.26. The standard InChI is InChI=1S/C15H18FNO6S/c1-2-24(21,22)11-3-4-13(16)12(8-11)15(20)17-5-6-23-10(9-17)7-14(18)19/h3-4,8,10H,2,5-7,9H2,1H3,(H,18,19). The number of carboxylic acids is 1. The van der Waals surface area contributed by atoms with Gasteiger partial charge in [0, 0.05) is 13.1 Å². The van der Waals surface area contributed by atoms with Gasteiger partial charge in [-0.1, -0.05) is 6.92 Å². The number of nitrogens with zero attached hydrogens (tertiary/aromatic N) is 1. The van der Waals surface area contributed by atoms with Crippen LogP contribution in [0.1, 0.15) is 23.7 Å². The maximum absolute atomic E-state index is 14.0. The fraction of sp³-hybridized carbons (Fsp3) is 0.467. The smallest absolute Gasteiger partial charge is 0.306 e. The Morgan fingerprint density at radius 1 is 1.42 bits per heavy atom. The van der Waals surface area contributed by atoms with E-state index in [4.69, 9.17) is 9.84 Å². The van der Waals surface area contributed by atoms with Crippen LogP contribution in [0.3, 0.4) is 0 Å². The summed E-state index contributed by atoms with van der Waals surface area (Å²) < 4.78 is 43.1. The van der Waals surface area contributed by atoms with E-state index in [2.05, 4.69) is 0 Å². The van der Waals surface area contributed by atoms with Crippen molar-refractivity contribution in [3.63, 3.8) is 0 Å². The molecule has 1 amide bonds. The van der Waals surface area contributed by atoms with Crippen LogP contribution in [0, 0.1) is 5.82 Å². The number of carbonyl (C=O) groups is 2. The molecule has 1 aromatic rings. The number of ether oxygens (including phenoxy) is 1. The van der Waals surface area contributed by atoms with Crippen molar-refractivity contribution in [3.8, 4) is 0 Å². The number of aliphatic carboxylic acids is 1. The second-order valence-corrected chi connectivity index (χ2v) is 7.67. The highest BCUT2D eigenvalue weighted by atomic mass is 32.2. The first-order chi connectivity index (χ1) is 11.2. The quantitative estimate of drug-likeness (QED) is 0.785. The Hall–Kier alpha value is -2.00. The number of sulfone groups is 1. The monoisotopic (exact) mass is 359 g/mol. The topological polar surface area (TPSA) is 101 Å². The summed E-state index contributed by atoms with van der Waals surface area (Å²) in [7, 11) is -3.57. The molecule has 1 atom stereocenters. The Labute approximate surface area is 138 Å². The van der Waals surface area contributed by atoms with Crippen molar-refractivity contribution >= 4 is 21.7 Å². The average Bonchev–Trinajstić information content (AvgIpc) is 2.54. The molecule has 1 unspecified atom stereocenters. The number of hydrogen-bond donors (Lipinski definition) is 1. The Morgan fingerprint density at radius 3 is 2.75 bits per heavy atom. The molecule has 0 aromatic heterocycles. The third-order valence-electron chi connectivity index (χ3n) is 3.74. The van der Waals surface area contributed by atoms with Crippen LogP contribution < -0.4 is 0 Å². The lowest BCUT2D eigenvalue weighted by atomic mass is 10.1. The number of hydrogen-bond acceptors (Lipinski definition) is 5. The van der Waals surface area contributed by atoms with Crippen LogP contribution in [0.15, 0.2) is 23.1 Å². The summed E-state index contributed by atoms with van der Waals surface area (Å²) in [4.78, 5) is 24.4. The molecule has 0 bridgehead atoms. The van der Waals surface area contributed by atoms with Gasteiger partial charge in [-0.2, -0.15) is 0 Å². The van der Waals surface area contributed by atoms with Crippen LogP contribution in [-0.4, -0.2) is 61.9 Å². The molecule has 0 saturated carbocycles. The van der Waals surface area contributed by atoms with Crippen LogP contribution in [0.25, 0.3) is 0 Å². The minimum absolute atomic E-state index is 0.00925. The summed E-state index contributed by atoms with van der Waals surface area (Å²) in [6.45, 7) is 1.78. The minimum atomic E-state index is -3.57. The molecule has 0 aliphatic carbocycles. The molecule has 24 heavy (non-hydrogen) atoms. The van der Waals surface area contributed by atoms with Crippen LogP contribution in [0.2, 0.25) is 0 Å². The highest BCUT2D eigenvalue weighted by Crippen LogP contribution is 2.20. The molecule has 132 valence electrons. The largest absolute Gasteiger partial charge is 0.481 e. The number of rotatable bonds is 5. The summed E-state index contributed by atoms with van der Waals surface area (Å²) >= 11 is 0. The molecule has 1 aromatic carbocycles. The van der Waals surface area contributed by atoms with Gasteiger partial charge in [-0.25, -0.2) is 12.8 Å². The molecule has 1 N–H and O–H groups in total. The zero-order valence-corrected chi connectivity index (χ0v) is 13.9. The van der Waals surface area contributed by atoms with Gasteiger partial charge in [-0.05, 0) is 18.2 Å². The van der Waals surface area contributed by atoms with Gasteiger partial charge in [0.2, 0.25) is 0 Å². The first-order valence-electron chi connectivity index (χ1n) is 7.39. The third-order valence-corrected chi connectivity index (χ3v) is 5.47. The highest BCUT2D eigenvalue weighted by Gasteiger charge is 2.28. The lowest BCUT2D eigenvalue weighted by Gasteiger charge is -2.32. The predicted octanol–water partition coefficient (Wildman–Crippen LogP) is 0.935. The first-order valence-corrected chi connectivity index (χ1v) is 9.04. The van der Waals surface area contributed by atoms with E-state index >= 15 is 0 Å². The highest BCUT2D eigenvalue weighted by molar-refractivity contribution is 7.91. The van der Waals surface area contributed by atoms with E-state index in [1.54, 1.807) is 0 Å². The average molecular weight is 359 g/mol. The number of carboxylic acid groups (broad SMARTS) is 1. The number of halogens is 1. The van der Waals surface area contributed by atoms with Crippen molar-refractivity contribution < 1.29 is 32.2 Å². The molecule has 1 aliphatic rings. The number of morpholine rings is 1. The van der Waals surface area contributed by atoms with Crippen LogP contribution in [-0.2, 0) is 19.4 Å². The lowest BCUT2D eigenvalue weighted by molar-refractivity contribution is -0.141. The van der Waals surface area contributed by atoms with Gasteiger partial charge in [0.15, 0.2) is 9.84 Å². The molecule has 2 rings (SSSR count). The third kappa shape index (κ3) is 4.09. The van der Waals surface area contributed by atoms with Crippen molar-refractivity contribution in [1.29, 1.82) is 0 Å². The minimum Gasteiger partial charge on any atom is -0.481 e. The molecule has 1 saturated heterocycles. The summed E-state index contributed by atoms with van der Waals surface area (Å²) in [5.74, 6) is -2.72. The van der Waals surface area contributed by atoms with Crippen LogP contribution >= 0.6 is 0 Å². The molecule has 0 spiro atoms. The Morgan fingerprint density at radius 2 is 2.12 bits per heavy atom. The van der Waals surface area contributed by atoms with Gasteiger partial charge in [0.05, 0.1) is 35.3 Å². The maximum Gasteiger partial charge on any atom is 0.306 e. The fourth-order valence-electron chi connectivity index (χ4n) is 2.42. The summed E-state index contributed by atoms with van der Waals surface area (Å²) in [5.41, 5.74) is -0.347. The van der Waals surface area contributed by atoms with Gasteiger partial charge in [0.1, 0.15) is 5.82 Å². The van der Waals surface area contributed by atoms with Crippen molar-refractivity contribution in [1.82, 2.24) is 4.90 Å². The van der Waals surface area contributed by atoms with E-state index in [0.29, 0.717) is 0 Å². The predicted molar refractivity (Wildman–Crippen MR) is 82.0 cm³/mol. The molecule has 9 heteroatoms. The Bertz CT molecular complexity index is 748. The van der Waals surface area contributed by atoms with E-state index in [1.807, 2.05) is 0 Å². The van der Waals surface area contributed by atoms with Crippen molar-refractivity contribution in [2.75, 3.05) is 25.4 Å². The molecule has 7 nitrogen and oxygen atoms in total. The normalized spacial score (nSPS) is 18.4. The summed E-state index contributed by atoms with van der Waals surface area (Å²) in [6, 6.07) is 3.10. The van der Waals surface area contributed by atoms with E-state index in [1.165, 1.54) is 11.8 Å². The van der Waals surface area contributed by atoms with Gasteiger partial charge < -0.3 is 14.7 Å². The van der Waals surface area contributed by atoms with Crippen LogP contribution in [0.5, 0.6) is 0 Å². The van der Waals surface area contributed by atoms with Gasteiger partial charge >= 0.3 is 5.97 Å². The lowest BCUT2D eigenvalue weighted by Crippen LogP contribution is -2.46. The second kappa shape index (κ2) is 7.27. The van der Waals surface area contributed by atoms with Gasteiger partial charge in [-0.3, -0.25) is 9.59 Å². The molecular formula is C15H18FNO6S. The SMILES string of the molecule is CCS(=O)(=O)c1ccc(F)c(C(=O)N2CCOC(CC(=O)O)C2)c1. The van der Waals surface area contributed by atoms with Crippen LogP contribution in [0.4, 0.5) is 4.39 Å². The molecular weight excluding hydrogens is 341 g/mol. The van der Waals surface area contributed by atoms with E-state index in [-0.39, 0.29) is 42.3 Å². The van der Waals surface area contributed by atoms with Gasteiger partial charge in [-0.15, -0.1) is 0 Å². The molecule has 1 fully saturated rings. The van der Waals surface area contributed by atoms with Crippen molar-refractivity contribution in [2.45, 2.75) is 24.3 Å². The maximum atomic E-state index is 14.0. The van der Waals surface area contributed by atoms with E-state index < -0.39 is 33.6 Å². The summed E-state index contributed by atoms with van der Waals surface area (Å²) in [6.07, 6.45) is -0.943. The molecule has 1 heterocycles. The fourth-order valence-corrected chi connectivity index (χ4v) is 3.33. The molecule has 0 radical (unpaired) electrons. The zero-order chi connectivity index (χ0) is 17.9. The van der Waals surface area contributed by atoms with E-state index in [9.17, 15) is 22.4 Å². The second-order valence-electron chi connectivity index (χ2n) is 5.39. The zero-order valence-electron chi connectivity index (χ0n) is 13.1. The van der Waals surface area contributed by atoms with Gasteiger partial charge in [0.25, 0.3) is 5.91 Å². The first kappa shape index (κ1) is 18.3. The van der Waals surface area contributed by atoms with Crippen molar-refractivity contribution in [2.24, 2.45) is 0 Å². The number of benzene rings is 1. The van der Waals surface area contributed by atoms with E-state index in [0.717, 1.165) is 18.2 Å². The van der Waals surface area contributed by atoms with Crippen molar-refractivity contribution in [3.05, 3.63) is 29.6 Å². The summed E-state index contributed by atoms with van der Waals surface area (Å²) in [5, 5.41) is 8.79. The number of carbonyl (C=O) groups excluding carboxylic acids is 1. The molecule has 1 aliphatic heterocycles. The number of amides is 1. The Kier molecular flexibility index (Phi) is 5.55.